The minimum atomic E-state index is -0.821. The number of likely N-dealkylation sites (tertiary alicyclic amines) is 4. The molecule has 4 N–H and O–H groups in total. The average molecular weight is 1590 g/mol. The highest BCUT2D eigenvalue weighted by molar-refractivity contribution is 7.17. The summed E-state index contributed by atoms with van der Waals surface area (Å²) in [5.41, 5.74) is 18.2. The van der Waals surface area contributed by atoms with Crippen molar-refractivity contribution in [3.63, 3.8) is 0 Å². The molecule has 10 aliphatic rings. The van der Waals surface area contributed by atoms with Gasteiger partial charge in [-0.2, -0.15) is 10.5 Å². The first-order chi connectivity index (χ1) is 56.3. The maximum Gasteiger partial charge on any atom is 0.325 e. The molecule has 10 aliphatic heterocycles. The number of para-hydroxylation sites is 2. The van der Waals surface area contributed by atoms with Gasteiger partial charge in [-0.3, -0.25) is 48.6 Å². The van der Waals surface area contributed by atoms with Crippen molar-refractivity contribution in [2.45, 2.75) is 151 Å². The lowest BCUT2D eigenvalue weighted by Crippen LogP contribution is -2.55. The van der Waals surface area contributed by atoms with Crippen LogP contribution in [0.2, 0.25) is 0 Å². The number of rotatable bonds is 12. The van der Waals surface area contributed by atoms with Crippen molar-refractivity contribution in [2.24, 2.45) is 0 Å². The van der Waals surface area contributed by atoms with E-state index in [1.807, 2.05) is 47.4 Å². The number of ether oxygens (including phenoxy) is 2. The Morgan fingerprint density at radius 1 is 0.431 bits per heavy atom. The van der Waals surface area contributed by atoms with Crippen molar-refractivity contribution in [2.75, 3.05) is 76.2 Å². The van der Waals surface area contributed by atoms with Gasteiger partial charge in [0.2, 0.25) is 11.8 Å². The van der Waals surface area contributed by atoms with E-state index < -0.39 is 11.1 Å². The lowest BCUT2D eigenvalue weighted by Gasteiger charge is -2.40. The van der Waals surface area contributed by atoms with Gasteiger partial charge in [-0.1, -0.05) is 97.1 Å². The first kappa shape index (κ1) is 77.4. The van der Waals surface area contributed by atoms with E-state index >= 15 is 0 Å². The van der Waals surface area contributed by atoms with E-state index in [0.717, 1.165) is 149 Å². The first-order valence-corrected chi connectivity index (χ1v) is 42.3. The molecule has 0 aliphatic carbocycles. The fourth-order valence-corrected chi connectivity index (χ4v) is 20.3. The topological polar surface area (TPSA) is 262 Å². The number of nitriles is 2. The van der Waals surface area contributed by atoms with Crippen LogP contribution in [0.25, 0.3) is 20.4 Å². The number of amides is 8. The number of nitrogens with one attached hydrogen (secondary N) is 4. The van der Waals surface area contributed by atoms with E-state index in [-0.39, 0.29) is 71.7 Å². The normalized spacial score (nSPS) is 20.4. The van der Waals surface area contributed by atoms with Gasteiger partial charge in [-0.15, -0.1) is 22.7 Å². The van der Waals surface area contributed by atoms with Gasteiger partial charge in [0.15, 0.2) is 0 Å². The number of carbonyl (C=O) groups is 6. The van der Waals surface area contributed by atoms with Gasteiger partial charge >= 0.3 is 12.1 Å². The number of piperidine rings is 4. The van der Waals surface area contributed by atoms with Crippen molar-refractivity contribution < 1.29 is 38.2 Å². The molecule has 10 aromatic rings. The maximum atomic E-state index is 13.2. The number of thiazole rings is 2. The summed E-state index contributed by atoms with van der Waals surface area (Å²) >= 11 is 3.28. The van der Waals surface area contributed by atoms with Crippen LogP contribution < -0.4 is 30.7 Å². The molecule has 20 rings (SSSR count). The van der Waals surface area contributed by atoms with Crippen LogP contribution in [0, 0.1) is 22.7 Å². The van der Waals surface area contributed by atoms with Crippen molar-refractivity contribution >= 4 is 90.2 Å². The van der Waals surface area contributed by atoms with Crippen LogP contribution in [-0.4, -0.2) is 152 Å². The molecule has 8 amide bonds. The molecule has 116 heavy (non-hydrogen) atoms. The molecule has 8 aromatic carbocycles. The minimum absolute atomic E-state index is 0.150. The van der Waals surface area contributed by atoms with E-state index in [1.165, 1.54) is 63.7 Å². The van der Waals surface area contributed by atoms with Crippen LogP contribution in [0.4, 0.5) is 21.0 Å². The third kappa shape index (κ3) is 14.7. The zero-order chi connectivity index (χ0) is 80.0. The van der Waals surface area contributed by atoms with Crippen LogP contribution in [0.5, 0.6) is 11.5 Å². The van der Waals surface area contributed by atoms with Crippen molar-refractivity contribution in [3.8, 4) is 23.6 Å². The second-order valence-electron chi connectivity index (χ2n) is 32.5. The number of benzene rings is 8. The molecule has 0 bridgehead atoms. The number of aromatic nitrogens is 2. The summed E-state index contributed by atoms with van der Waals surface area (Å²) in [6.07, 6.45) is 7.90. The van der Waals surface area contributed by atoms with Gasteiger partial charge in [0.25, 0.3) is 11.8 Å². The second kappa shape index (κ2) is 32.1. The molecule has 4 atom stereocenters. The van der Waals surface area contributed by atoms with E-state index in [1.54, 1.807) is 71.2 Å². The summed E-state index contributed by atoms with van der Waals surface area (Å²) < 4.78 is 13.8. The number of hydrogen-bond donors (Lipinski definition) is 4. The van der Waals surface area contributed by atoms with Crippen molar-refractivity contribution in [1.82, 2.24) is 50.0 Å². The molecule has 6 saturated heterocycles. The van der Waals surface area contributed by atoms with Gasteiger partial charge in [0, 0.05) is 101 Å². The molecular formula is C92H94N14O8S2. The monoisotopic (exact) mass is 1590 g/mol. The smallest absolute Gasteiger partial charge is 0.325 e. The average Bonchev–Trinajstić information content (AvgIpc) is 1.59. The molecule has 2 aromatic heterocycles. The molecule has 24 heteroatoms. The minimum Gasteiger partial charge on any atom is -0.493 e. The standard InChI is InChI=1S/2C24H23N5O2S.2C22H24N2O2/c2*1-16(19-6-7-21-20(12-19)26-15-32-21)28-10-8-24(9-11-28)22(30)29(23(31)27-24)14-18-4-2-17(13-25)3-5-18;2*1-15(17-7-6-16-8-13-26-20(16)14-17)24-11-9-22(10-12-24)18-4-2-3-5-19(18)23-21(22)25/h2*2-7,12,15-16H,8-11,14H2,1H3,(H,27,31);2*2-7,14-15H,8-13H2,1H3,(H,23,25)/t2*16-;2*15-/m1010/s1. The SMILES string of the molecule is C[C@@H](c1ccc2c(c1)OCC2)N1CCC2(CC1)C(=O)Nc1ccccc12.C[C@@H](c1ccc2scnc2c1)N1CCC2(CC1)NC(=O)N(Cc1ccc(C#N)cc1)C2=O.C[C@H](c1ccc2c(c1)OCC2)N1CCC2(CC1)C(=O)Nc1ccccc12.C[C@H](c1ccc2scnc2c1)N1CCC2(CC1)NC(=O)N(Cc1ccc(C#N)cc1)C2=O. The number of urea groups is 2. The van der Waals surface area contributed by atoms with E-state index in [2.05, 4.69) is 176 Å². The third-order valence-electron chi connectivity index (χ3n) is 26.5. The molecule has 6 fully saturated rings. The van der Waals surface area contributed by atoms with E-state index in [0.29, 0.717) is 48.9 Å². The van der Waals surface area contributed by atoms with Crippen LogP contribution in [0.15, 0.2) is 181 Å². The number of carbonyl (C=O) groups excluding carboxylic acids is 6. The second-order valence-corrected chi connectivity index (χ2v) is 34.3. The van der Waals surface area contributed by atoms with Gasteiger partial charge in [0.1, 0.15) is 22.6 Å². The molecule has 12 heterocycles. The Morgan fingerprint density at radius 3 is 1.15 bits per heavy atom. The van der Waals surface area contributed by atoms with Crippen molar-refractivity contribution in [1.29, 1.82) is 10.5 Å². The predicted molar refractivity (Wildman–Crippen MR) is 447 cm³/mol. The number of fused-ring (bicyclic) bond motifs is 8. The molecule has 4 spiro atoms. The number of anilines is 2. The summed E-state index contributed by atoms with van der Waals surface area (Å²) in [6.45, 7) is 17.5. The fourth-order valence-electron chi connectivity index (χ4n) is 19.0. The molecule has 592 valence electrons. The largest absolute Gasteiger partial charge is 0.493 e. The summed E-state index contributed by atoms with van der Waals surface area (Å²) in [4.78, 5) is 98.4. The molecule has 22 nitrogen and oxygen atoms in total. The highest BCUT2D eigenvalue weighted by Crippen LogP contribution is 2.49. The van der Waals surface area contributed by atoms with Gasteiger partial charge < -0.3 is 30.7 Å². The molecule has 0 radical (unpaired) electrons. The number of imide groups is 2. The summed E-state index contributed by atoms with van der Waals surface area (Å²) in [5.74, 6) is 2.15. The lowest BCUT2D eigenvalue weighted by atomic mass is 9.73. The van der Waals surface area contributed by atoms with Crippen LogP contribution >= 0.6 is 22.7 Å². The fraction of sp³-hybridized carbons (Fsp3) is 0.370. The molecule has 0 saturated carbocycles. The molecule has 0 unspecified atom stereocenters. The van der Waals surface area contributed by atoms with Gasteiger partial charge in [-0.25, -0.2) is 19.6 Å². The molecular weight excluding hydrogens is 1490 g/mol. The Morgan fingerprint density at radius 2 is 0.776 bits per heavy atom. The summed E-state index contributed by atoms with van der Waals surface area (Å²) in [6, 6.07) is 61.0. The quantitative estimate of drug-likeness (QED) is 0.0829. The van der Waals surface area contributed by atoms with Crippen LogP contribution in [0.1, 0.15) is 170 Å². The summed E-state index contributed by atoms with van der Waals surface area (Å²) in [5, 5.41) is 30.0. The lowest BCUT2D eigenvalue weighted by molar-refractivity contribution is -0.134. The zero-order valence-corrected chi connectivity index (χ0v) is 67.4. The Kier molecular flexibility index (Phi) is 21.4. The Bertz CT molecular complexity index is 5190. The zero-order valence-electron chi connectivity index (χ0n) is 65.7. The third-order valence-corrected chi connectivity index (χ3v) is 28.1. The van der Waals surface area contributed by atoms with E-state index in [4.69, 9.17) is 20.0 Å². The predicted octanol–water partition coefficient (Wildman–Crippen LogP) is 15.0. The first-order valence-electron chi connectivity index (χ1n) is 40.5. The van der Waals surface area contributed by atoms with Crippen LogP contribution in [0.3, 0.4) is 0 Å². The van der Waals surface area contributed by atoms with Gasteiger partial charge in [-0.05, 0) is 207 Å². The Hall–Kier alpha value is -11.2. The maximum absolute atomic E-state index is 13.2. The highest BCUT2D eigenvalue weighted by atomic mass is 32.1. The highest BCUT2D eigenvalue weighted by Gasteiger charge is 2.55. The Labute approximate surface area is 683 Å². The number of hydrogen-bond acceptors (Lipinski definition) is 18. The Balaban J connectivity index is 0.000000112. The van der Waals surface area contributed by atoms with E-state index in [9.17, 15) is 28.8 Å². The van der Waals surface area contributed by atoms with Crippen molar-refractivity contribution in [3.05, 3.63) is 248 Å². The summed E-state index contributed by atoms with van der Waals surface area (Å²) in [7, 11) is 0. The number of nitrogens with zero attached hydrogens (tertiary/aromatic N) is 10. The van der Waals surface area contributed by atoms with Gasteiger partial charge in [0.05, 0.1) is 91.9 Å². The van der Waals surface area contributed by atoms with Crippen LogP contribution in [-0.2, 0) is 55.9 Å².